The first-order valence-electron chi connectivity index (χ1n) is 7.52. The Hall–Kier alpha value is -1.91. The second-order valence-corrected chi connectivity index (χ2v) is 5.78. The molecule has 0 radical (unpaired) electrons. The molecule has 0 aromatic heterocycles. The van der Waals surface area contributed by atoms with E-state index in [9.17, 15) is 14.0 Å². The zero-order valence-corrected chi connectivity index (χ0v) is 11.9. The largest absolute Gasteiger partial charge is 0.352 e. The molecule has 0 unspecified atom stereocenters. The summed E-state index contributed by atoms with van der Waals surface area (Å²) in [6.07, 6.45) is 5.10. The van der Waals surface area contributed by atoms with Crippen LogP contribution in [0.3, 0.4) is 0 Å². The lowest BCUT2D eigenvalue weighted by atomic mass is 10.0. The lowest BCUT2D eigenvalue weighted by molar-refractivity contribution is -0.124. The number of fused-ring (bicyclic) bond motifs is 1. The first-order chi connectivity index (χ1) is 10.1. The number of anilines is 1. The monoisotopic (exact) mass is 290 g/mol. The molecule has 1 saturated carbocycles. The zero-order chi connectivity index (χ0) is 14.8. The molecule has 1 aliphatic carbocycles. The van der Waals surface area contributed by atoms with E-state index in [0.717, 1.165) is 31.2 Å². The van der Waals surface area contributed by atoms with Crippen LogP contribution >= 0.6 is 0 Å². The summed E-state index contributed by atoms with van der Waals surface area (Å²) in [6, 6.07) is 4.99. The van der Waals surface area contributed by atoms with Crippen molar-refractivity contribution in [3.8, 4) is 0 Å². The van der Waals surface area contributed by atoms with Crippen molar-refractivity contribution in [2.24, 2.45) is 0 Å². The maximum Gasteiger partial charge on any atom is 0.240 e. The van der Waals surface area contributed by atoms with Crippen LogP contribution in [0.4, 0.5) is 10.1 Å². The van der Waals surface area contributed by atoms with Gasteiger partial charge in [0.25, 0.3) is 0 Å². The Morgan fingerprint density at radius 1 is 1.29 bits per heavy atom. The van der Waals surface area contributed by atoms with Gasteiger partial charge in [-0.25, -0.2) is 4.39 Å². The van der Waals surface area contributed by atoms with Crippen molar-refractivity contribution < 1.29 is 14.0 Å². The average Bonchev–Trinajstić information content (AvgIpc) is 2.95. The molecule has 0 bridgehead atoms. The van der Waals surface area contributed by atoms with E-state index < -0.39 is 5.82 Å². The predicted molar refractivity (Wildman–Crippen MR) is 77.5 cm³/mol. The summed E-state index contributed by atoms with van der Waals surface area (Å²) < 4.78 is 14.0. The van der Waals surface area contributed by atoms with E-state index in [2.05, 4.69) is 5.32 Å². The molecular weight excluding hydrogens is 271 g/mol. The van der Waals surface area contributed by atoms with Gasteiger partial charge in [-0.3, -0.25) is 14.5 Å². The molecule has 1 aromatic carbocycles. The second kappa shape index (κ2) is 5.84. The quantitative estimate of drug-likeness (QED) is 0.927. The predicted octanol–water partition coefficient (Wildman–Crippen LogP) is 2.16. The number of hydrogen-bond acceptors (Lipinski definition) is 2. The number of hydrogen-bond donors (Lipinski definition) is 1. The molecule has 1 N–H and O–H groups in total. The molecule has 0 atom stereocenters. The Labute approximate surface area is 123 Å². The highest BCUT2D eigenvalue weighted by molar-refractivity contribution is 6.01. The number of amides is 2. The van der Waals surface area contributed by atoms with Crippen LogP contribution in [-0.4, -0.2) is 24.4 Å². The Morgan fingerprint density at radius 2 is 2.05 bits per heavy atom. The van der Waals surface area contributed by atoms with E-state index in [-0.39, 0.29) is 30.1 Å². The van der Waals surface area contributed by atoms with Crippen LogP contribution in [0.2, 0.25) is 0 Å². The Balaban J connectivity index is 1.75. The van der Waals surface area contributed by atoms with E-state index in [1.54, 1.807) is 6.07 Å². The van der Waals surface area contributed by atoms with Crippen LogP contribution in [-0.2, 0) is 16.0 Å². The summed E-state index contributed by atoms with van der Waals surface area (Å²) in [5.74, 6) is -0.824. The highest BCUT2D eigenvalue weighted by atomic mass is 19.1. The molecule has 1 fully saturated rings. The molecule has 1 aliphatic heterocycles. The molecule has 4 nitrogen and oxygen atoms in total. The molecule has 112 valence electrons. The molecule has 21 heavy (non-hydrogen) atoms. The van der Waals surface area contributed by atoms with Crippen molar-refractivity contribution in [3.05, 3.63) is 29.6 Å². The maximum absolute atomic E-state index is 14.0. The Bertz CT molecular complexity index is 567. The first-order valence-corrected chi connectivity index (χ1v) is 7.52. The SMILES string of the molecule is O=C(CN1C(=O)CCc2cccc(F)c21)NC1CCCC1. The number of carbonyl (C=O) groups excluding carboxylic acids is 2. The van der Waals surface area contributed by atoms with Crippen molar-refractivity contribution in [2.75, 3.05) is 11.4 Å². The normalized spacial score (nSPS) is 18.7. The Morgan fingerprint density at radius 3 is 2.81 bits per heavy atom. The van der Waals surface area contributed by atoms with Gasteiger partial charge in [-0.15, -0.1) is 0 Å². The van der Waals surface area contributed by atoms with E-state index in [1.165, 1.54) is 11.0 Å². The standard InChI is InChI=1S/C16H19FN2O2/c17-13-7-3-4-11-8-9-15(21)19(16(11)13)10-14(20)18-12-5-1-2-6-12/h3-4,7,12H,1-2,5-6,8-10H2,(H,18,20). The molecule has 3 rings (SSSR count). The minimum atomic E-state index is -0.436. The maximum atomic E-state index is 14.0. The topological polar surface area (TPSA) is 49.4 Å². The number of nitrogens with one attached hydrogen (secondary N) is 1. The number of rotatable bonds is 3. The summed E-state index contributed by atoms with van der Waals surface area (Å²) >= 11 is 0. The van der Waals surface area contributed by atoms with Gasteiger partial charge in [0.1, 0.15) is 12.4 Å². The van der Waals surface area contributed by atoms with Gasteiger partial charge in [-0.2, -0.15) is 0 Å². The highest BCUT2D eigenvalue weighted by Gasteiger charge is 2.29. The van der Waals surface area contributed by atoms with Crippen molar-refractivity contribution >= 4 is 17.5 Å². The van der Waals surface area contributed by atoms with Crippen molar-refractivity contribution in [3.63, 3.8) is 0 Å². The fourth-order valence-electron chi connectivity index (χ4n) is 3.22. The van der Waals surface area contributed by atoms with Gasteiger partial charge in [0, 0.05) is 12.5 Å². The fourth-order valence-corrected chi connectivity index (χ4v) is 3.22. The van der Waals surface area contributed by atoms with Crippen LogP contribution in [0.5, 0.6) is 0 Å². The number of aryl methyl sites for hydroxylation is 1. The summed E-state index contributed by atoms with van der Waals surface area (Å²) in [7, 11) is 0. The number of nitrogens with zero attached hydrogens (tertiary/aromatic N) is 1. The zero-order valence-electron chi connectivity index (χ0n) is 11.9. The third-order valence-corrected chi connectivity index (χ3v) is 4.27. The van der Waals surface area contributed by atoms with E-state index >= 15 is 0 Å². The molecule has 2 aliphatic rings. The molecule has 2 amide bonds. The van der Waals surface area contributed by atoms with Gasteiger partial charge >= 0.3 is 0 Å². The summed E-state index contributed by atoms with van der Waals surface area (Å²) in [5.41, 5.74) is 1.07. The van der Waals surface area contributed by atoms with Gasteiger partial charge in [-0.1, -0.05) is 25.0 Å². The Kier molecular flexibility index (Phi) is 3.90. The fraction of sp³-hybridized carbons (Fsp3) is 0.500. The van der Waals surface area contributed by atoms with Crippen LogP contribution in [0, 0.1) is 5.82 Å². The first kappa shape index (κ1) is 14.0. The number of para-hydroxylation sites is 1. The van der Waals surface area contributed by atoms with E-state index in [4.69, 9.17) is 0 Å². The number of carbonyl (C=O) groups is 2. The van der Waals surface area contributed by atoms with Crippen LogP contribution in [0.15, 0.2) is 18.2 Å². The lowest BCUT2D eigenvalue weighted by Crippen LogP contribution is -2.45. The third kappa shape index (κ3) is 2.91. The molecule has 0 spiro atoms. The van der Waals surface area contributed by atoms with Gasteiger partial charge < -0.3 is 5.32 Å². The van der Waals surface area contributed by atoms with E-state index in [0.29, 0.717) is 12.8 Å². The van der Waals surface area contributed by atoms with Crippen molar-refractivity contribution in [1.29, 1.82) is 0 Å². The molecule has 1 heterocycles. The van der Waals surface area contributed by atoms with Crippen LogP contribution in [0.25, 0.3) is 0 Å². The molecule has 0 saturated heterocycles. The van der Waals surface area contributed by atoms with Gasteiger partial charge in [0.2, 0.25) is 11.8 Å². The molecule has 1 aromatic rings. The minimum Gasteiger partial charge on any atom is -0.352 e. The highest BCUT2D eigenvalue weighted by Crippen LogP contribution is 2.30. The molecule has 5 heteroatoms. The van der Waals surface area contributed by atoms with Crippen molar-refractivity contribution in [1.82, 2.24) is 5.32 Å². The second-order valence-electron chi connectivity index (χ2n) is 5.78. The van der Waals surface area contributed by atoms with Gasteiger partial charge in [0.05, 0.1) is 5.69 Å². The minimum absolute atomic E-state index is 0.0940. The van der Waals surface area contributed by atoms with Gasteiger partial charge in [-0.05, 0) is 30.9 Å². The van der Waals surface area contributed by atoms with Gasteiger partial charge in [0.15, 0.2) is 0 Å². The van der Waals surface area contributed by atoms with Crippen LogP contribution in [0.1, 0.15) is 37.7 Å². The summed E-state index contributed by atoms with van der Waals surface area (Å²) in [6.45, 7) is -0.0940. The summed E-state index contributed by atoms with van der Waals surface area (Å²) in [4.78, 5) is 25.5. The van der Waals surface area contributed by atoms with Crippen molar-refractivity contribution in [2.45, 2.75) is 44.6 Å². The number of halogens is 1. The number of benzene rings is 1. The van der Waals surface area contributed by atoms with E-state index in [1.807, 2.05) is 6.07 Å². The average molecular weight is 290 g/mol. The van der Waals surface area contributed by atoms with Crippen LogP contribution < -0.4 is 10.2 Å². The molecular formula is C16H19FN2O2. The summed E-state index contributed by atoms with van der Waals surface area (Å²) in [5, 5.41) is 2.94. The lowest BCUT2D eigenvalue weighted by Gasteiger charge is -2.29. The smallest absolute Gasteiger partial charge is 0.240 e. The third-order valence-electron chi connectivity index (χ3n) is 4.27.